The number of phenols is 1. The standard InChI is InChI=1S/C21H22N4O2/c1-13-8-9-17(18(26)11-13)19-15-6-2-3-7-16(15)20(25-24-19)23-21(27)14-5-4-10-22-12-14/h2-3,6-9,11,14,22,26H,4-5,10,12H2,1H3,(H,23,25,27)/t14-/m1/s1. The van der Waals surface area contributed by atoms with Gasteiger partial charge < -0.3 is 15.7 Å². The molecule has 1 saturated heterocycles. The Balaban J connectivity index is 1.73. The number of phenolic OH excluding ortho intramolecular Hbond substituents is 1. The highest BCUT2D eigenvalue weighted by molar-refractivity contribution is 6.05. The second-order valence-corrected chi connectivity index (χ2v) is 7.00. The van der Waals surface area contributed by atoms with Gasteiger partial charge in [0.15, 0.2) is 5.82 Å². The summed E-state index contributed by atoms with van der Waals surface area (Å²) < 4.78 is 0. The number of aryl methyl sites for hydroxylation is 1. The first-order chi connectivity index (χ1) is 13.1. The lowest BCUT2D eigenvalue weighted by molar-refractivity contribution is -0.120. The van der Waals surface area contributed by atoms with Crippen LogP contribution in [0.1, 0.15) is 18.4 Å². The smallest absolute Gasteiger partial charge is 0.229 e. The second-order valence-electron chi connectivity index (χ2n) is 7.00. The van der Waals surface area contributed by atoms with Gasteiger partial charge in [0.2, 0.25) is 5.91 Å². The summed E-state index contributed by atoms with van der Waals surface area (Å²) >= 11 is 0. The lowest BCUT2D eigenvalue weighted by atomic mass is 9.98. The van der Waals surface area contributed by atoms with Crippen molar-refractivity contribution in [3.05, 3.63) is 48.0 Å². The van der Waals surface area contributed by atoms with Crippen molar-refractivity contribution in [2.24, 2.45) is 5.92 Å². The van der Waals surface area contributed by atoms with Crippen LogP contribution in [0.3, 0.4) is 0 Å². The molecule has 1 amide bonds. The minimum Gasteiger partial charge on any atom is -0.507 e. The number of amides is 1. The van der Waals surface area contributed by atoms with Gasteiger partial charge in [0.1, 0.15) is 11.4 Å². The summed E-state index contributed by atoms with van der Waals surface area (Å²) in [5, 5.41) is 26.8. The normalized spacial score (nSPS) is 17.0. The first kappa shape index (κ1) is 17.4. The number of piperidine rings is 1. The SMILES string of the molecule is Cc1ccc(-c2nnc(NC(=O)[C@@H]3CCCNC3)c3ccccc23)c(O)c1. The van der Waals surface area contributed by atoms with E-state index in [1.54, 1.807) is 6.07 Å². The predicted molar refractivity (Wildman–Crippen MR) is 106 cm³/mol. The minimum atomic E-state index is -0.0554. The fraction of sp³-hybridized carbons (Fsp3) is 0.286. The molecule has 0 radical (unpaired) electrons. The molecule has 1 fully saturated rings. The van der Waals surface area contributed by atoms with Crippen LogP contribution in [-0.2, 0) is 4.79 Å². The van der Waals surface area contributed by atoms with E-state index >= 15 is 0 Å². The molecule has 4 rings (SSSR count). The molecule has 1 aliphatic heterocycles. The highest BCUT2D eigenvalue weighted by Crippen LogP contribution is 2.35. The number of aromatic hydroxyl groups is 1. The molecule has 6 nitrogen and oxygen atoms in total. The quantitative estimate of drug-likeness (QED) is 0.666. The van der Waals surface area contributed by atoms with Crippen LogP contribution >= 0.6 is 0 Å². The molecule has 0 aliphatic carbocycles. The van der Waals surface area contributed by atoms with Crippen molar-refractivity contribution >= 4 is 22.5 Å². The predicted octanol–water partition coefficient (Wildman–Crippen LogP) is 3.25. The van der Waals surface area contributed by atoms with Crippen LogP contribution in [0.2, 0.25) is 0 Å². The van der Waals surface area contributed by atoms with Crippen LogP contribution in [0.15, 0.2) is 42.5 Å². The highest BCUT2D eigenvalue weighted by Gasteiger charge is 2.22. The molecule has 0 unspecified atom stereocenters. The van der Waals surface area contributed by atoms with Crippen molar-refractivity contribution in [1.82, 2.24) is 15.5 Å². The Labute approximate surface area is 157 Å². The molecule has 0 saturated carbocycles. The second kappa shape index (κ2) is 7.32. The molecule has 138 valence electrons. The van der Waals surface area contributed by atoms with Crippen molar-refractivity contribution in [2.75, 3.05) is 18.4 Å². The lowest BCUT2D eigenvalue weighted by Crippen LogP contribution is -2.37. The molecule has 0 bridgehead atoms. The van der Waals surface area contributed by atoms with Crippen molar-refractivity contribution in [3.63, 3.8) is 0 Å². The molecule has 2 aromatic carbocycles. The Kier molecular flexibility index (Phi) is 4.73. The van der Waals surface area contributed by atoms with Gasteiger partial charge in [-0.1, -0.05) is 30.3 Å². The van der Waals surface area contributed by atoms with Crippen LogP contribution in [0.5, 0.6) is 5.75 Å². The van der Waals surface area contributed by atoms with E-state index < -0.39 is 0 Å². The number of nitrogens with one attached hydrogen (secondary N) is 2. The number of aromatic nitrogens is 2. The van der Waals surface area contributed by atoms with Gasteiger partial charge in [-0.3, -0.25) is 4.79 Å². The first-order valence-electron chi connectivity index (χ1n) is 9.20. The maximum absolute atomic E-state index is 12.6. The molecule has 3 N–H and O–H groups in total. The topological polar surface area (TPSA) is 87.1 Å². The number of benzene rings is 2. The van der Waals surface area contributed by atoms with Crippen LogP contribution in [-0.4, -0.2) is 34.3 Å². The summed E-state index contributed by atoms with van der Waals surface area (Å²) in [6.45, 7) is 3.57. The minimum absolute atomic E-state index is 0.0346. The van der Waals surface area contributed by atoms with Gasteiger partial charge >= 0.3 is 0 Å². The van der Waals surface area contributed by atoms with E-state index in [2.05, 4.69) is 20.8 Å². The number of nitrogens with zero attached hydrogens (tertiary/aromatic N) is 2. The molecule has 0 spiro atoms. The van der Waals surface area contributed by atoms with E-state index in [0.29, 0.717) is 23.6 Å². The summed E-state index contributed by atoms with van der Waals surface area (Å²) in [7, 11) is 0. The summed E-state index contributed by atoms with van der Waals surface area (Å²) in [5.74, 6) is 0.531. The van der Waals surface area contributed by atoms with Gasteiger partial charge in [-0.25, -0.2) is 0 Å². The Hall–Kier alpha value is -2.99. The van der Waals surface area contributed by atoms with Gasteiger partial charge in [0.05, 0.1) is 5.92 Å². The van der Waals surface area contributed by atoms with Gasteiger partial charge in [-0.2, -0.15) is 0 Å². The maximum atomic E-state index is 12.6. The third kappa shape index (κ3) is 3.48. The van der Waals surface area contributed by atoms with Gasteiger partial charge in [-0.15, -0.1) is 10.2 Å². The number of carbonyl (C=O) groups is 1. The van der Waals surface area contributed by atoms with E-state index in [1.165, 1.54) is 0 Å². The summed E-state index contributed by atoms with van der Waals surface area (Å²) in [5.41, 5.74) is 2.19. The number of hydrogen-bond donors (Lipinski definition) is 3. The summed E-state index contributed by atoms with van der Waals surface area (Å²) in [4.78, 5) is 12.6. The number of hydrogen-bond acceptors (Lipinski definition) is 5. The number of rotatable bonds is 3. The zero-order valence-electron chi connectivity index (χ0n) is 15.2. The van der Waals surface area contributed by atoms with E-state index in [4.69, 9.17) is 0 Å². The Morgan fingerprint density at radius 2 is 2.00 bits per heavy atom. The molecule has 2 heterocycles. The fourth-order valence-corrected chi connectivity index (χ4v) is 3.53. The molecule has 1 atom stereocenters. The molecule has 3 aromatic rings. The number of carbonyl (C=O) groups excluding carboxylic acids is 1. The average molecular weight is 362 g/mol. The zero-order chi connectivity index (χ0) is 18.8. The van der Waals surface area contributed by atoms with E-state index in [-0.39, 0.29) is 17.6 Å². The van der Waals surface area contributed by atoms with Gasteiger partial charge in [0, 0.05) is 22.9 Å². The zero-order valence-corrected chi connectivity index (χ0v) is 15.2. The molecule has 27 heavy (non-hydrogen) atoms. The largest absolute Gasteiger partial charge is 0.507 e. The molecule has 1 aliphatic rings. The molecular weight excluding hydrogens is 340 g/mol. The highest BCUT2D eigenvalue weighted by atomic mass is 16.3. The van der Waals surface area contributed by atoms with Crippen molar-refractivity contribution in [3.8, 4) is 17.0 Å². The van der Waals surface area contributed by atoms with Gasteiger partial charge in [0.25, 0.3) is 0 Å². The van der Waals surface area contributed by atoms with E-state index in [9.17, 15) is 9.90 Å². The summed E-state index contributed by atoms with van der Waals surface area (Å²) in [6, 6.07) is 13.1. The van der Waals surface area contributed by atoms with E-state index in [1.807, 2.05) is 43.3 Å². The number of fused-ring (bicyclic) bond motifs is 1. The van der Waals surface area contributed by atoms with Crippen molar-refractivity contribution < 1.29 is 9.90 Å². The van der Waals surface area contributed by atoms with E-state index in [0.717, 1.165) is 35.7 Å². The lowest BCUT2D eigenvalue weighted by Gasteiger charge is -2.22. The van der Waals surface area contributed by atoms with Crippen LogP contribution in [0, 0.1) is 12.8 Å². The third-order valence-corrected chi connectivity index (χ3v) is 5.00. The average Bonchev–Trinajstić information content (AvgIpc) is 2.69. The maximum Gasteiger partial charge on any atom is 0.229 e. The van der Waals surface area contributed by atoms with Crippen molar-refractivity contribution in [1.29, 1.82) is 0 Å². The monoisotopic (exact) mass is 362 g/mol. The third-order valence-electron chi connectivity index (χ3n) is 5.00. The molecule has 6 heteroatoms. The van der Waals surface area contributed by atoms with Crippen LogP contribution in [0.25, 0.3) is 22.0 Å². The Bertz CT molecular complexity index is 997. The van der Waals surface area contributed by atoms with Gasteiger partial charge in [-0.05, 0) is 44.0 Å². The Morgan fingerprint density at radius 3 is 2.74 bits per heavy atom. The fourth-order valence-electron chi connectivity index (χ4n) is 3.53. The van der Waals surface area contributed by atoms with Crippen LogP contribution in [0.4, 0.5) is 5.82 Å². The molecule has 1 aromatic heterocycles. The number of anilines is 1. The Morgan fingerprint density at radius 1 is 1.19 bits per heavy atom. The first-order valence-corrected chi connectivity index (χ1v) is 9.20. The van der Waals surface area contributed by atoms with Crippen molar-refractivity contribution in [2.45, 2.75) is 19.8 Å². The van der Waals surface area contributed by atoms with Crippen LogP contribution < -0.4 is 10.6 Å². The summed E-state index contributed by atoms with van der Waals surface area (Å²) in [6.07, 6.45) is 1.87. The molecular formula is C21H22N4O2.